The van der Waals surface area contributed by atoms with E-state index in [9.17, 15) is 4.79 Å². The van der Waals surface area contributed by atoms with Crippen molar-refractivity contribution in [3.8, 4) is 0 Å². The summed E-state index contributed by atoms with van der Waals surface area (Å²) in [5, 5.41) is 2.25. The standard InChI is InChI=1S/C13H11NO/c1-8-6-7-9-4-3-5-10-11(9)12(8)14(2)13(10)15/h3-7H,1-2H3. The van der Waals surface area contributed by atoms with Crippen molar-refractivity contribution in [2.24, 2.45) is 0 Å². The minimum atomic E-state index is 0.102. The van der Waals surface area contributed by atoms with E-state index >= 15 is 0 Å². The number of hydrogen-bond donors (Lipinski definition) is 0. The van der Waals surface area contributed by atoms with Crippen LogP contribution in [0.3, 0.4) is 0 Å². The fraction of sp³-hybridized carbons (Fsp3) is 0.154. The number of anilines is 1. The third kappa shape index (κ3) is 0.911. The van der Waals surface area contributed by atoms with Gasteiger partial charge in [0.15, 0.2) is 0 Å². The van der Waals surface area contributed by atoms with Crippen molar-refractivity contribution in [3.05, 3.63) is 41.5 Å². The predicted octanol–water partition coefficient (Wildman–Crippen LogP) is 2.74. The van der Waals surface area contributed by atoms with Crippen LogP contribution in [0.1, 0.15) is 15.9 Å². The zero-order valence-corrected chi connectivity index (χ0v) is 8.74. The molecule has 0 saturated heterocycles. The highest BCUT2D eigenvalue weighted by Crippen LogP contribution is 2.38. The quantitative estimate of drug-likeness (QED) is 0.636. The fourth-order valence-electron chi connectivity index (χ4n) is 2.36. The van der Waals surface area contributed by atoms with Gasteiger partial charge in [-0.05, 0) is 23.9 Å². The fourth-order valence-corrected chi connectivity index (χ4v) is 2.36. The van der Waals surface area contributed by atoms with Crippen LogP contribution < -0.4 is 4.90 Å². The molecule has 2 aromatic carbocycles. The smallest absolute Gasteiger partial charge is 0.258 e. The van der Waals surface area contributed by atoms with Gasteiger partial charge in [-0.3, -0.25) is 4.79 Å². The molecule has 1 heterocycles. The lowest BCUT2D eigenvalue weighted by Crippen LogP contribution is -2.21. The average Bonchev–Trinajstić information content (AvgIpc) is 2.50. The van der Waals surface area contributed by atoms with Crippen molar-refractivity contribution in [2.45, 2.75) is 6.92 Å². The van der Waals surface area contributed by atoms with E-state index in [4.69, 9.17) is 0 Å². The van der Waals surface area contributed by atoms with Gasteiger partial charge in [-0.15, -0.1) is 0 Å². The molecular formula is C13H11NO. The van der Waals surface area contributed by atoms with Crippen LogP contribution >= 0.6 is 0 Å². The summed E-state index contributed by atoms with van der Waals surface area (Å²) in [5.41, 5.74) is 3.05. The molecule has 74 valence electrons. The Labute approximate surface area is 88.1 Å². The molecule has 0 spiro atoms. The molecule has 3 rings (SSSR count). The molecule has 2 heteroatoms. The molecule has 0 atom stereocenters. The molecule has 2 nitrogen and oxygen atoms in total. The van der Waals surface area contributed by atoms with Crippen LogP contribution in [0.5, 0.6) is 0 Å². The van der Waals surface area contributed by atoms with Gasteiger partial charge in [-0.2, -0.15) is 0 Å². The molecule has 1 aliphatic rings. The van der Waals surface area contributed by atoms with Gasteiger partial charge < -0.3 is 4.90 Å². The van der Waals surface area contributed by atoms with E-state index < -0.39 is 0 Å². The van der Waals surface area contributed by atoms with Crippen LogP contribution in [-0.2, 0) is 0 Å². The molecule has 0 aromatic heterocycles. The molecule has 2 aromatic rings. The lowest BCUT2D eigenvalue weighted by atomic mass is 10.0. The highest BCUT2D eigenvalue weighted by atomic mass is 16.2. The SMILES string of the molecule is Cc1ccc2cccc3c2c1N(C)C3=O. The number of hydrogen-bond acceptors (Lipinski definition) is 1. The van der Waals surface area contributed by atoms with Crippen molar-refractivity contribution >= 4 is 22.4 Å². The van der Waals surface area contributed by atoms with Crippen molar-refractivity contribution in [3.63, 3.8) is 0 Å². The predicted molar refractivity (Wildman–Crippen MR) is 61.4 cm³/mol. The topological polar surface area (TPSA) is 20.3 Å². The van der Waals surface area contributed by atoms with Crippen molar-refractivity contribution < 1.29 is 4.79 Å². The minimum Gasteiger partial charge on any atom is -0.310 e. The molecule has 0 unspecified atom stereocenters. The summed E-state index contributed by atoms with van der Waals surface area (Å²) in [6, 6.07) is 10.0. The van der Waals surface area contributed by atoms with E-state index in [2.05, 4.69) is 12.1 Å². The first-order valence-electron chi connectivity index (χ1n) is 5.00. The van der Waals surface area contributed by atoms with E-state index in [-0.39, 0.29) is 5.91 Å². The molecule has 0 bridgehead atoms. The Hall–Kier alpha value is -1.83. The van der Waals surface area contributed by atoms with Gasteiger partial charge in [0.1, 0.15) is 0 Å². The van der Waals surface area contributed by atoms with Gasteiger partial charge in [-0.25, -0.2) is 0 Å². The molecule has 0 radical (unpaired) electrons. The van der Waals surface area contributed by atoms with Crippen LogP contribution in [0, 0.1) is 6.92 Å². The number of carbonyl (C=O) groups excluding carboxylic acids is 1. The molecule has 0 saturated carbocycles. The molecule has 15 heavy (non-hydrogen) atoms. The summed E-state index contributed by atoms with van der Waals surface area (Å²) in [7, 11) is 1.84. The Bertz CT molecular complexity index is 586. The third-order valence-electron chi connectivity index (χ3n) is 3.09. The normalized spacial score (nSPS) is 14.0. The first-order chi connectivity index (χ1) is 7.20. The second-order valence-electron chi connectivity index (χ2n) is 4.00. The van der Waals surface area contributed by atoms with Crippen molar-refractivity contribution in [1.29, 1.82) is 0 Å². The zero-order chi connectivity index (χ0) is 10.6. The maximum absolute atomic E-state index is 12.0. The number of amides is 1. The molecule has 1 aliphatic heterocycles. The molecule has 0 aliphatic carbocycles. The van der Waals surface area contributed by atoms with Crippen LogP contribution in [0.2, 0.25) is 0 Å². The van der Waals surface area contributed by atoms with E-state index in [0.29, 0.717) is 0 Å². The highest BCUT2D eigenvalue weighted by molar-refractivity contribution is 6.25. The molecule has 1 amide bonds. The second-order valence-corrected chi connectivity index (χ2v) is 4.00. The van der Waals surface area contributed by atoms with Crippen LogP contribution in [0.25, 0.3) is 10.8 Å². The van der Waals surface area contributed by atoms with Crippen molar-refractivity contribution in [1.82, 2.24) is 0 Å². The van der Waals surface area contributed by atoms with Crippen LogP contribution in [0.15, 0.2) is 30.3 Å². The third-order valence-corrected chi connectivity index (χ3v) is 3.09. The van der Waals surface area contributed by atoms with E-state index in [1.165, 1.54) is 0 Å². The number of nitrogens with zero attached hydrogens (tertiary/aromatic N) is 1. The summed E-state index contributed by atoms with van der Waals surface area (Å²) >= 11 is 0. The monoisotopic (exact) mass is 197 g/mol. The Kier molecular flexibility index (Phi) is 1.47. The van der Waals surface area contributed by atoms with Gasteiger partial charge in [0, 0.05) is 18.0 Å². The first kappa shape index (κ1) is 8.48. The molecule has 0 fully saturated rings. The average molecular weight is 197 g/mol. The number of aryl methyl sites for hydroxylation is 1. The summed E-state index contributed by atoms with van der Waals surface area (Å²) in [6.07, 6.45) is 0. The van der Waals surface area contributed by atoms with Gasteiger partial charge in [0.2, 0.25) is 0 Å². The number of carbonyl (C=O) groups is 1. The van der Waals surface area contributed by atoms with Gasteiger partial charge in [0.05, 0.1) is 5.69 Å². The van der Waals surface area contributed by atoms with Crippen LogP contribution in [0.4, 0.5) is 5.69 Å². The largest absolute Gasteiger partial charge is 0.310 e. The Morgan fingerprint density at radius 3 is 2.73 bits per heavy atom. The molecule has 0 N–H and O–H groups in total. The summed E-state index contributed by atoms with van der Waals surface area (Å²) < 4.78 is 0. The summed E-state index contributed by atoms with van der Waals surface area (Å²) in [6.45, 7) is 2.04. The molecular weight excluding hydrogens is 186 g/mol. The maximum Gasteiger partial charge on any atom is 0.258 e. The lowest BCUT2D eigenvalue weighted by Gasteiger charge is -2.12. The maximum atomic E-state index is 12.0. The van der Waals surface area contributed by atoms with Gasteiger partial charge >= 0.3 is 0 Å². The van der Waals surface area contributed by atoms with Crippen LogP contribution in [-0.4, -0.2) is 13.0 Å². The Morgan fingerprint density at radius 2 is 1.93 bits per heavy atom. The number of rotatable bonds is 0. The van der Waals surface area contributed by atoms with Crippen molar-refractivity contribution in [2.75, 3.05) is 11.9 Å². The highest BCUT2D eigenvalue weighted by Gasteiger charge is 2.27. The minimum absolute atomic E-state index is 0.102. The van der Waals surface area contributed by atoms with E-state index in [1.54, 1.807) is 4.90 Å². The Morgan fingerprint density at radius 1 is 1.13 bits per heavy atom. The second kappa shape index (κ2) is 2.60. The lowest BCUT2D eigenvalue weighted by molar-refractivity contribution is 0.0999. The van der Waals surface area contributed by atoms with Gasteiger partial charge in [-0.1, -0.05) is 24.3 Å². The Balaban J connectivity index is 2.57. The van der Waals surface area contributed by atoms with E-state index in [1.807, 2.05) is 32.2 Å². The number of benzene rings is 2. The summed E-state index contributed by atoms with van der Waals surface area (Å²) in [4.78, 5) is 13.7. The van der Waals surface area contributed by atoms with E-state index in [0.717, 1.165) is 27.6 Å². The van der Waals surface area contributed by atoms with Gasteiger partial charge in [0.25, 0.3) is 5.91 Å². The zero-order valence-electron chi connectivity index (χ0n) is 8.74. The first-order valence-corrected chi connectivity index (χ1v) is 5.00. The summed E-state index contributed by atoms with van der Waals surface area (Å²) in [5.74, 6) is 0.102.